The highest BCUT2D eigenvalue weighted by molar-refractivity contribution is 7.80. The normalized spacial score (nSPS) is 18.8. The number of rotatable bonds is 4. The number of nitrogens with zero attached hydrogens (tertiary/aromatic N) is 3. The summed E-state index contributed by atoms with van der Waals surface area (Å²) in [6.07, 6.45) is 3.77. The standard InChI is InChI=1S/C21H20N4O2S/c1-24-19(18(23-21(24)28)16-9-3-4-11-22-16)17-10-6-12-25(17)15-8-5-7-14(13-15)20(26)27-2/h3-13,18-19H,1-2H3,(H,23,28)/t18-,19-/m0/s1. The summed E-state index contributed by atoms with van der Waals surface area (Å²) >= 11 is 5.52. The van der Waals surface area contributed by atoms with Gasteiger partial charge in [0.25, 0.3) is 0 Å². The highest BCUT2D eigenvalue weighted by Gasteiger charge is 2.39. The Morgan fingerprint density at radius 1 is 1.18 bits per heavy atom. The van der Waals surface area contributed by atoms with Crippen LogP contribution in [0, 0.1) is 0 Å². The van der Waals surface area contributed by atoms with Crippen molar-refractivity contribution in [2.24, 2.45) is 0 Å². The number of carbonyl (C=O) groups is 1. The number of pyridine rings is 1. The first-order valence-electron chi connectivity index (χ1n) is 8.90. The molecule has 1 saturated heterocycles. The molecular weight excluding hydrogens is 372 g/mol. The summed E-state index contributed by atoms with van der Waals surface area (Å²) in [4.78, 5) is 18.5. The van der Waals surface area contributed by atoms with E-state index >= 15 is 0 Å². The first-order chi connectivity index (χ1) is 13.6. The summed E-state index contributed by atoms with van der Waals surface area (Å²) in [5.74, 6) is -0.359. The lowest BCUT2D eigenvalue weighted by atomic mass is 10.0. The second kappa shape index (κ2) is 7.44. The molecule has 28 heavy (non-hydrogen) atoms. The minimum atomic E-state index is -0.359. The molecule has 0 saturated carbocycles. The zero-order valence-electron chi connectivity index (χ0n) is 15.6. The average molecular weight is 392 g/mol. The number of carbonyl (C=O) groups excluding carboxylic acids is 1. The molecule has 2 atom stereocenters. The highest BCUT2D eigenvalue weighted by Crippen LogP contribution is 2.38. The Morgan fingerprint density at radius 3 is 2.79 bits per heavy atom. The summed E-state index contributed by atoms with van der Waals surface area (Å²) in [6.45, 7) is 0. The van der Waals surface area contributed by atoms with Crippen molar-refractivity contribution in [1.29, 1.82) is 0 Å². The molecule has 1 aromatic carbocycles. The average Bonchev–Trinajstić information content (AvgIpc) is 3.33. The Hall–Kier alpha value is -3.19. The van der Waals surface area contributed by atoms with E-state index in [0.29, 0.717) is 10.7 Å². The molecule has 1 aliphatic rings. The molecule has 1 N–H and O–H groups in total. The number of hydrogen-bond donors (Lipinski definition) is 1. The van der Waals surface area contributed by atoms with Gasteiger partial charge in [0.15, 0.2) is 5.11 Å². The van der Waals surface area contributed by atoms with E-state index < -0.39 is 0 Å². The molecular formula is C21H20N4O2S. The highest BCUT2D eigenvalue weighted by atomic mass is 32.1. The van der Waals surface area contributed by atoms with Gasteiger partial charge in [-0.1, -0.05) is 12.1 Å². The first kappa shape index (κ1) is 18.2. The number of likely N-dealkylation sites (N-methyl/N-ethyl adjacent to an activating group) is 1. The monoisotopic (exact) mass is 392 g/mol. The van der Waals surface area contributed by atoms with Crippen molar-refractivity contribution in [2.75, 3.05) is 14.2 Å². The molecule has 142 valence electrons. The summed E-state index contributed by atoms with van der Waals surface area (Å²) in [6, 6.07) is 17.2. The quantitative estimate of drug-likeness (QED) is 0.543. The maximum absolute atomic E-state index is 11.9. The molecule has 4 rings (SSSR count). The molecule has 1 fully saturated rings. The van der Waals surface area contributed by atoms with Crippen LogP contribution in [0.3, 0.4) is 0 Å². The van der Waals surface area contributed by atoms with E-state index in [9.17, 15) is 4.79 Å². The third kappa shape index (κ3) is 3.14. The van der Waals surface area contributed by atoms with Crippen molar-refractivity contribution in [2.45, 2.75) is 12.1 Å². The van der Waals surface area contributed by atoms with Gasteiger partial charge in [-0.3, -0.25) is 4.98 Å². The molecule has 2 aromatic heterocycles. The number of esters is 1. The number of aromatic nitrogens is 2. The number of hydrogen-bond acceptors (Lipinski definition) is 4. The number of methoxy groups -OCH3 is 1. The van der Waals surface area contributed by atoms with E-state index in [4.69, 9.17) is 17.0 Å². The SMILES string of the molecule is COC(=O)c1cccc(-n2cccc2[C@H]2[C@H](c3ccccn3)NC(=S)N2C)c1. The van der Waals surface area contributed by atoms with Gasteiger partial charge in [-0.25, -0.2) is 4.79 Å². The molecule has 0 aliphatic carbocycles. The molecule has 6 nitrogen and oxygen atoms in total. The van der Waals surface area contributed by atoms with Crippen molar-refractivity contribution >= 4 is 23.3 Å². The third-order valence-corrected chi connectivity index (χ3v) is 5.37. The third-order valence-electron chi connectivity index (χ3n) is 4.97. The van der Waals surface area contributed by atoms with E-state index in [2.05, 4.69) is 20.9 Å². The Labute approximate surface area is 168 Å². The van der Waals surface area contributed by atoms with Crippen LogP contribution in [0.1, 0.15) is 33.8 Å². The van der Waals surface area contributed by atoms with E-state index in [1.807, 2.05) is 60.6 Å². The zero-order chi connectivity index (χ0) is 19.7. The van der Waals surface area contributed by atoms with E-state index in [1.54, 1.807) is 12.3 Å². The number of ether oxygens (including phenoxy) is 1. The Kier molecular flexibility index (Phi) is 4.83. The fourth-order valence-electron chi connectivity index (χ4n) is 3.60. The van der Waals surface area contributed by atoms with Crippen LogP contribution >= 0.6 is 12.2 Å². The number of thiocarbonyl (C=S) groups is 1. The van der Waals surface area contributed by atoms with Gasteiger partial charge < -0.3 is 19.5 Å². The smallest absolute Gasteiger partial charge is 0.337 e. The predicted molar refractivity (Wildman–Crippen MR) is 110 cm³/mol. The van der Waals surface area contributed by atoms with Crippen LogP contribution in [0.4, 0.5) is 0 Å². The van der Waals surface area contributed by atoms with Gasteiger partial charge in [-0.15, -0.1) is 0 Å². The van der Waals surface area contributed by atoms with Crippen LogP contribution in [0.5, 0.6) is 0 Å². The van der Waals surface area contributed by atoms with E-state index in [1.165, 1.54) is 7.11 Å². The van der Waals surface area contributed by atoms with Gasteiger partial charge in [-0.05, 0) is 54.7 Å². The second-order valence-corrected chi connectivity index (χ2v) is 6.97. The Morgan fingerprint density at radius 2 is 2.04 bits per heavy atom. The summed E-state index contributed by atoms with van der Waals surface area (Å²) in [7, 11) is 3.36. The lowest BCUT2D eigenvalue weighted by Gasteiger charge is -2.25. The predicted octanol–water partition coefficient (Wildman–Crippen LogP) is 3.26. The van der Waals surface area contributed by atoms with Crippen LogP contribution in [-0.2, 0) is 4.74 Å². The first-order valence-corrected chi connectivity index (χ1v) is 9.31. The van der Waals surface area contributed by atoms with Gasteiger partial charge >= 0.3 is 5.97 Å². The minimum absolute atomic E-state index is 0.0424. The van der Waals surface area contributed by atoms with Crippen LogP contribution in [0.2, 0.25) is 0 Å². The molecule has 3 heterocycles. The topological polar surface area (TPSA) is 59.4 Å². The van der Waals surface area contributed by atoms with E-state index in [-0.39, 0.29) is 18.1 Å². The van der Waals surface area contributed by atoms with Gasteiger partial charge in [0, 0.05) is 30.8 Å². The van der Waals surface area contributed by atoms with E-state index in [0.717, 1.165) is 17.1 Å². The maximum Gasteiger partial charge on any atom is 0.337 e. The summed E-state index contributed by atoms with van der Waals surface area (Å²) in [5.41, 5.74) is 3.37. The Balaban J connectivity index is 1.77. The molecule has 3 aromatic rings. The van der Waals surface area contributed by atoms with Gasteiger partial charge in [-0.2, -0.15) is 0 Å². The van der Waals surface area contributed by atoms with Crippen LogP contribution < -0.4 is 5.32 Å². The van der Waals surface area contributed by atoms with Crippen molar-refractivity contribution < 1.29 is 9.53 Å². The summed E-state index contributed by atoms with van der Waals surface area (Å²) < 4.78 is 6.92. The van der Waals surface area contributed by atoms with Crippen molar-refractivity contribution in [3.63, 3.8) is 0 Å². The molecule has 0 spiro atoms. The molecule has 0 radical (unpaired) electrons. The van der Waals surface area contributed by atoms with Crippen molar-refractivity contribution in [3.8, 4) is 5.69 Å². The lowest BCUT2D eigenvalue weighted by molar-refractivity contribution is 0.0600. The van der Waals surface area contributed by atoms with Crippen LogP contribution in [0.15, 0.2) is 67.0 Å². The van der Waals surface area contributed by atoms with Crippen molar-refractivity contribution in [3.05, 3.63) is 83.9 Å². The minimum Gasteiger partial charge on any atom is -0.465 e. The zero-order valence-corrected chi connectivity index (χ0v) is 16.4. The molecule has 0 amide bonds. The Bertz CT molecular complexity index is 1020. The van der Waals surface area contributed by atoms with Crippen LogP contribution in [0.25, 0.3) is 5.69 Å². The van der Waals surface area contributed by atoms with Gasteiger partial charge in [0.2, 0.25) is 0 Å². The fraction of sp³-hybridized carbons (Fsp3) is 0.190. The van der Waals surface area contributed by atoms with Gasteiger partial charge in [0.1, 0.15) is 0 Å². The number of benzene rings is 1. The maximum atomic E-state index is 11.9. The largest absolute Gasteiger partial charge is 0.465 e. The lowest BCUT2D eigenvalue weighted by Crippen LogP contribution is -2.25. The number of nitrogens with one attached hydrogen (secondary N) is 1. The molecule has 7 heteroatoms. The van der Waals surface area contributed by atoms with Crippen molar-refractivity contribution in [1.82, 2.24) is 19.8 Å². The fourth-order valence-corrected chi connectivity index (χ4v) is 3.84. The van der Waals surface area contributed by atoms with Crippen LogP contribution in [-0.4, -0.2) is 39.7 Å². The molecule has 0 bridgehead atoms. The van der Waals surface area contributed by atoms with Gasteiger partial charge in [0.05, 0.1) is 30.5 Å². The second-order valence-electron chi connectivity index (χ2n) is 6.58. The molecule has 1 aliphatic heterocycles. The molecule has 0 unspecified atom stereocenters. The summed E-state index contributed by atoms with van der Waals surface area (Å²) in [5, 5.41) is 4.06.